The summed E-state index contributed by atoms with van der Waals surface area (Å²) in [5, 5.41) is 11.7. The number of nitrogens with one attached hydrogen (secondary N) is 1. The van der Waals surface area contributed by atoms with E-state index in [0.717, 1.165) is 30.5 Å². The predicted molar refractivity (Wildman–Crippen MR) is 116 cm³/mol. The molecule has 0 spiro atoms. The second-order valence-electron chi connectivity index (χ2n) is 7.72. The first kappa shape index (κ1) is 20.7. The number of aromatic nitrogens is 3. The first-order chi connectivity index (χ1) is 14.0. The molecule has 29 heavy (non-hydrogen) atoms. The highest BCUT2D eigenvalue weighted by molar-refractivity contribution is 5.91. The van der Waals surface area contributed by atoms with Gasteiger partial charge in [-0.05, 0) is 55.0 Å². The van der Waals surface area contributed by atoms with Crippen LogP contribution in [0.1, 0.15) is 56.6 Å². The van der Waals surface area contributed by atoms with Crippen molar-refractivity contribution in [3.8, 4) is 0 Å². The maximum absolute atomic E-state index is 12.4. The van der Waals surface area contributed by atoms with Crippen LogP contribution in [0.3, 0.4) is 0 Å². The average Bonchev–Trinajstić information content (AvgIpc) is 2.71. The molecule has 0 aliphatic carbocycles. The van der Waals surface area contributed by atoms with E-state index < -0.39 is 0 Å². The van der Waals surface area contributed by atoms with Gasteiger partial charge in [-0.3, -0.25) is 9.59 Å². The van der Waals surface area contributed by atoms with Gasteiger partial charge in [-0.25, -0.2) is 4.68 Å². The first-order valence-electron chi connectivity index (χ1n) is 10.2. The lowest BCUT2D eigenvalue weighted by molar-refractivity contribution is -0.116. The van der Waals surface area contributed by atoms with Crippen LogP contribution >= 0.6 is 0 Å². The van der Waals surface area contributed by atoms with Gasteiger partial charge in [-0.15, -0.1) is 5.10 Å². The van der Waals surface area contributed by atoms with Gasteiger partial charge in [0.2, 0.25) is 5.91 Å². The Kier molecular flexibility index (Phi) is 6.75. The molecule has 2 aromatic carbocycles. The largest absolute Gasteiger partial charge is 0.326 e. The minimum atomic E-state index is -0.117. The number of rotatable bonds is 8. The number of carbonyl (C=O) groups is 1. The van der Waals surface area contributed by atoms with Crippen molar-refractivity contribution in [3.63, 3.8) is 0 Å². The van der Waals surface area contributed by atoms with E-state index in [0.29, 0.717) is 29.8 Å². The summed E-state index contributed by atoms with van der Waals surface area (Å²) in [7, 11) is 0. The fourth-order valence-corrected chi connectivity index (χ4v) is 3.29. The van der Waals surface area contributed by atoms with Gasteiger partial charge in [0.25, 0.3) is 5.56 Å². The van der Waals surface area contributed by atoms with Gasteiger partial charge in [0.1, 0.15) is 5.52 Å². The topological polar surface area (TPSA) is 76.9 Å². The Hall–Kier alpha value is -3.02. The lowest BCUT2D eigenvalue weighted by Gasteiger charge is -2.12. The van der Waals surface area contributed by atoms with Gasteiger partial charge in [-0.2, -0.15) is 0 Å². The molecular weight excluding hydrogens is 364 g/mol. The lowest BCUT2D eigenvalue weighted by atomic mass is 10.0. The predicted octanol–water partition coefficient (Wildman–Crippen LogP) is 4.42. The van der Waals surface area contributed by atoms with E-state index in [2.05, 4.69) is 41.6 Å². The number of nitrogens with zero attached hydrogens (tertiary/aromatic N) is 3. The Morgan fingerprint density at radius 3 is 2.66 bits per heavy atom. The molecule has 3 aromatic rings. The minimum absolute atomic E-state index is 0.0214. The minimum Gasteiger partial charge on any atom is -0.326 e. The average molecular weight is 393 g/mol. The lowest BCUT2D eigenvalue weighted by Crippen LogP contribution is -2.24. The molecule has 1 N–H and O–H groups in total. The van der Waals surface area contributed by atoms with E-state index in [4.69, 9.17) is 0 Å². The SMILES string of the molecule is Cc1cc(C(C)C)ccc1NC(=O)CCCCCn1nnc2ccccc2c1=O. The molecule has 152 valence electrons. The van der Waals surface area contributed by atoms with Crippen molar-refractivity contribution in [1.82, 2.24) is 15.0 Å². The molecule has 0 unspecified atom stereocenters. The summed E-state index contributed by atoms with van der Waals surface area (Å²) in [6.45, 7) is 6.84. The number of unbranched alkanes of at least 4 members (excludes halogenated alkanes) is 2. The molecule has 1 amide bonds. The summed E-state index contributed by atoms with van der Waals surface area (Å²) in [5.41, 5.74) is 3.72. The Morgan fingerprint density at radius 2 is 1.90 bits per heavy atom. The fraction of sp³-hybridized carbons (Fsp3) is 0.391. The smallest absolute Gasteiger partial charge is 0.277 e. The number of hydrogen-bond donors (Lipinski definition) is 1. The quantitative estimate of drug-likeness (QED) is 0.576. The Bertz CT molecular complexity index is 1060. The van der Waals surface area contributed by atoms with E-state index in [9.17, 15) is 9.59 Å². The van der Waals surface area contributed by atoms with Crippen molar-refractivity contribution in [2.24, 2.45) is 0 Å². The first-order valence-corrected chi connectivity index (χ1v) is 10.2. The Morgan fingerprint density at radius 1 is 1.10 bits per heavy atom. The van der Waals surface area contributed by atoms with Crippen LogP contribution in [0, 0.1) is 6.92 Å². The second-order valence-corrected chi connectivity index (χ2v) is 7.72. The molecule has 0 aliphatic heterocycles. The fourth-order valence-electron chi connectivity index (χ4n) is 3.29. The highest BCUT2D eigenvalue weighted by Crippen LogP contribution is 2.22. The summed E-state index contributed by atoms with van der Waals surface area (Å²) in [6.07, 6.45) is 2.86. The summed E-state index contributed by atoms with van der Waals surface area (Å²) < 4.78 is 1.40. The van der Waals surface area contributed by atoms with Gasteiger partial charge in [0.15, 0.2) is 0 Å². The summed E-state index contributed by atoms with van der Waals surface area (Å²) >= 11 is 0. The van der Waals surface area contributed by atoms with Crippen LogP contribution in [0.2, 0.25) is 0 Å². The van der Waals surface area contributed by atoms with Gasteiger partial charge < -0.3 is 5.32 Å². The normalized spacial score (nSPS) is 11.2. The van der Waals surface area contributed by atoms with Crippen LogP contribution in [-0.2, 0) is 11.3 Å². The van der Waals surface area contributed by atoms with E-state index >= 15 is 0 Å². The highest BCUT2D eigenvalue weighted by Gasteiger charge is 2.08. The number of carbonyl (C=O) groups excluding carboxylic acids is 1. The van der Waals surface area contributed by atoms with Crippen LogP contribution < -0.4 is 10.9 Å². The Balaban J connectivity index is 1.44. The van der Waals surface area contributed by atoms with E-state index in [1.807, 2.05) is 25.1 Å². The molecule has 0 bridgehead atoms. The van der Waals surface area contributed by atoms with Crippen LogP contribution in [-0.4, -0.2) is 20.9 Å². The van der Waals surface area contributed by atoms with Crippen molar-refractivity contribution < 1.29 is 4.79 Å². The van der Waals surface area contributed by atoms with Crippen LogP contribution in [0.15, 0.2) is 47.3 Å². The number of aryl methyl sites for hydroxylation is 2. The third-order valence-corrected chi connectivity index (χ3v) is 5.09. The molecule has 6 nitrogen and oxygen atoms in total. The number of fused-ring (bicyclic) bond motifs is 1. The zero-order valence-electron chi connectivity index (χ0n) is 17.3. The monoisotopic (exact) mass is 392 g/mol. The molecule has 1 heterocycles. The van der Waals surface area contributed by atoms with Crippen LogP contribution in [0.25, 0.3) is 10.9 Å². The molecule has 0 aliphatic rings. The molecule has 0 saturated heterocycles. The van der Waals surface area contributed by atoms with Gasteiger partial charge in [-0.1, -0.05) is 49.7 Å². The summed E-state index contributed by atoms with van der Waals surface area (Å²) in [5.74, 6) is 0.492. The maximum Gasteiger partial charge on any atom is 0.277 e. The molecule has 0 radical (unpaired) electrons. The number of amides is 1. The summed E-state index contributed by atoms with van der Waals surface area (Å²) in [6, 6.07) is 13.4. The second kappa shape index (κ2) is 9.45. The molecular formula is C23H28N4O2. The number of anilines is 1. The standard InChI is InChI=1S/C23H28N4O2/c1-16(2)18-12-13-20(17(3)15-18)24-22(28)11-5-4-8-14-27-23(29)19-9-6-7-10-21(19)25-26-27/h6-7,9-10,12-13,15-16H,4-5,8,11,14H2,1-3H3,(H,24,28). The van der Waals surface area contributed by atoms with Crippen LogP contribution in [0.5, 0.6) is 0 Å². The number of hydrogen-bond acceptors (Lipinski definition) is 4. The molecule has 0 atom stereocenters. The zero-order chi connectivity index (χ0) is 20.8. The van der Waals surface area contributed by atoms with E-state index in [1.165, 1.54) is 10.2 Å². The molecule has 3 rings (SSSR count). The Labute approximate surface area is 170 Å². The van der Waals surface area contributed by atoms with Crippen molar-refractivity contribution in [2.75, 3.05) is 5.32 Å². The summed E-state index contributed by atoms with van der Waals surface area (Å²) in [4.78, 5) is 24.6. The third-order valence-electron chi connectivity index (χ3n) is 5.09. The molecule has 0 saturated carbocycles. The van der Waals surface area contributed by atoms with Gasteiger partial charge >= 0.3 is 0 Å². The van der Waals surface area contributed by atoms with Crippen molar-refractivity contribution in [1.29, 1.82) is 0 Å². The zero-order valence-corrected chi connectivity index (χ0v) is 17.3. The third kappa shape index (κ3) is 5.28. The van der Waals surface area contributed by atoms with Crippen molar-refractivity contribution in [3.05, 3.63) is 63.9 Å². The van der Waals surface area contributed by atoms with Crippen molar-refractivity contribution >= 4 is 22.5 Å². The maximum atomic E-state index is 12.4. The number of benzene rings is 2. The van der Waals surface area contributed by atoms with Crippen LogP contribution in [0.4, 0.5) is 5.69 Å². The van der Waals surface area contributed by atoms with Gasteiger partial charge in [0.05, 0.1) is 5.39 Å². The molecule has 1 aromatic heterocycles. The van der Waals surface area contributed by atoms with Gasteiger partial charge in [0, 0.05) is 18.7 Å². The van der Waals surface area contributed by atoms with Crippen molar-refractivity contribution in [2.45, 2.75) is 58.9 Å². The highest BCUT2D eigenvalue weighted by atomic mass is 16.1. The molecule has 0 fully saturated rings. The molecule has 6 heteroatoms. The van der Waals surface area contributed by atoms with E-state index in [1.54, 1.807) is 12.1 Å². The van der Waals surface area contributed by atoms with E-state index in [-0.39, 0.29) is 11.5 Å².